The van der Waals surface area contributed by atoms with Gasteiger partial charge < -0.3 is 15.2 Å². The maximum atomic E-state index is 5.09. The molecule has 2 N–H and O–H groups in total. The molecule has 0 aliphatic rings. The molecule has 1 aromatic rings. The molecule has 0 atom stereocenters. The lowest BCUT2D eigenvalue weighted by atomic mass is 10.2. The number of rotatable bonds is 9. The van der Waals surface area contributed by atoms with E-state index in [1.165, 1.54) is 0 Å². The Morgan fingerprint density at radius 1 is 1.17 bits per heavy atom. The fourth-order valence-electron chi connectivity index (χ4n) is 2.52. The molecule has 0 unspecified atom stereocenters. The summed E-state index contributed by atoms with van der Waals surface area (Å²) >= 11 is 0. The first-order valence-corrected chi connectivity index (χ1v) is 8.43. The summed E-state index contributed by atoms with van der Waals surface area (Å²) in [4.78, 5) is 10.9. The van der Waals surface area contributed by atoms with E-state index in [-0.39, 0.29) is 24.0 Å². The van der Waals surface area contributed by atoms with Crippen LogP contribution in [-0.4, -0.2) is 59.8 Å². The van der Waals surface area contributed by atoms with Gasteiger partial charge in [-0.05, 0) is 41.0 Å². The van der Waals surface area contributed by atoms with Gasteiger partial charge in [0.15, 0.2) is 11.8 Å². The van der Waals surface area contributed by atoms with E-state index >= 15 is 0 Å². The van der Waals surface area contributed by atoms with E-state index in [2.05, 4.69) is 58.4 Å². The van der Waals surface area contributed by atoms with Crippen LogP contribution in [0.4, 0.5) is 0 Å². The number of aromatic nitrogens is 2. The SMILES string of the molecule is CN=C(NCCCc1nc(C)no1)NCCN(C(C)C)C(C)C.I. The Balaban J connectivity index is 0.00000529. The monoisotopic (exact) mass is 452 g/mol. The van der Waals surface area contributed by atoms with Crippen molar-refractivity contribution in [2.45, 2.75) is 59.5 Å². The molecule has 7 nitrogen and oxygen atoms in total. The lowest BCUT2D eigenvalue weighted by Crippen LogP contribution is -2.45. The molecule has 24 heavy (non-hydrogen) atoms. The van der Waals surface area contributed by atoms with Crippen molar-refractivity contribution in [3.63, 3.8) is 0 Å². The number of guanidine groups is 1. The van der Waals surface area contributed by atoms with Crippen molar-refractivity contribution in [1.82, 2.24) is 25.7 Å². The van der Waals surface area contributed by atoms with Crippen LogP contribution in [0.5, 0.6) is 0 Å². The van der Waals surface area contributed by atoms with Crippen LogP contribution in [-0.2, 0) is 6.42 Å². The van der Waals surface area contributed by atoms with Crippen LogP contribution in [0.15, 0.2) is 9.52 Å². The fraction of sp³-hybridized carbons (Fsp3) is 0.812. The summed E-state index contributed by atoms with van der Waals surface area (Å²) < 4.78 is 5.09. The van der Waals surface area contributed by atoms with E-state index in [1.54, 1.807) is 7.05 Å². The lowest BCUT2D eigenvalue weighted by molar-refractivity contribution is 0.178. The predicted octanol–water partition coefficient (Wildman–Crippen LogP) is 2.21. The predicted molar refractivity (Wildman–Crippen MR) is 109 cm³/mol. The molecule has 1 aromatic heterocycles. The molecule has 0 saturated heterocycles. The largest absolute Gasteiger partial charge is 0.356 e. The van der Waals surface area contributed by atoms with Crippen molar-refractivity contribution in [3.05, 3.63) is 11.7 Å². The van der Waals surface area contributed by atoms with Gasteiger partial charge in [-0.2, -0.15) is 4.98 Å². The highest BCUT2D eigenvalue weighted by atomic mass is 127. The molecule has 0 bridgehead atoms. The van der Waals surface area contributed by atoms with Crippen LogP contribution in [0.3, 0.4) is 0 Å². The highest BCUT2D eigenvalue weighted by Crippen LogP contribution is 2.03. The zero-order valence-electron chi connectivity index (χ0n) is 15.8. The quantitative estimate of drug-likeness (QED) is 0.259. The Hall–Kier alpha value is -0.900. The van der Waals surface area contributed by atoms with Crippen molar-refractivity contribution in [3.8, 4) is 0 Å². The minimum absolute atomic E-state index is 0. The summed E-state index contributed by atoms with van der Waals surface area (Å²) in [6, 6.07) is 1.09. The average Bonchev–Trinajstić information content (AvgIpc) is 2.90. The minimum atomic E-state index is 0. The first-order valence-electron chi connectivity index (χ1n) is 8.43. The third-order valence-electron chi connectivity index (χ3n) is 3.64. The van der Waals surface area contributed by atoms with Crippen LogP contribution in [0.25, 0.3) is 0 Å². The van der Waals surface area contributed by atoms with Gasteiger partial charge in [-0.3, -0.25) is 9.89 Å². The summed E-state index contributed by atoms with van der Waals surface area (Å²) in [7, 11) is 1.79. The second-order valence-corrected chi connectivity index (χ2v) is 6.19. The van der Waals surface area contributed by atoms with E-state index in [0.29, 0.717) is 23.8 Å². The van der Waals surface area contributed by atoms with E-state index in [9.17, 15) is 0 Å². The number of hydrogen-bond donors (Lipinski definition) is 2. The molecular formula is C16H33IN6O. The van der Waals surface area contributed by atoms with E-state index in [4.69, 9.17) is 4.52 Å². The first-order chi connectivity index (χ1) is 10.9. The van der Waals surface area contributed by atoms with Gasteiger partial charge in [0.2, 0.25) is 5.89 Å². The lowest BCUT2D eigenvalue weighted by Gasteiger charge is -2.30. The Bertz CT molecular complexity index is 467. The van der Waals surface area contributed by atoms with Crippen LogP contribution >= 0.6 is 24.0 Å². The molecular weight excluding hydrogens is 419 g/mol. The molecule has 0 radical (unpaired) electrons. The summed E-state index contributed by atoms with van der Waals surface area (Å²) in [5.74, 6) is 2.21. The maximum Gasteiger partial charge on any atom is 0.226 e. The molecule has 0 aromatic carbocycles. The zero-order chi connectivity index (χ0) is 17.2. The maximum absolute atomic E-state index is 5.09. The molecule has 8 heteroatoms. The van der Waals surface area contributed by atoms with Gasteiger partial charge >= 0.3 is 0 Å². The van der Waals surface area contributed by atoms with E-state index in [1.807, 2.05) is 6.92 Å². The van der Waals surface area contributed by atoms with Gasteiger partial charge in [0.05, 0.1) is 0 Å². The van der Waals surface area contributed by atoms with Crippen LogP contribution in [0.1, 0.15) is 45.8 Å². The smallest absolute Gasteiger partial charge is 0.226 e. The highest BCUT2D eigenvalue weighted by molar-refractivity contribution is 14.0. The fourth-order valence-corrected chi connectivity index (χ4v) is 2.52. The Morgan fingerprint density at radius 3 is 2.29 bits per heavy atom. The van der Waals surface area contributed by atoms with Crippen LogP contribution < -0.4 is 10.6 Å². The summed E-state index contributed by atoms with van der Waals surface area (Å²) in [5, 5.41) is 10.5. The Morgan fingerprint density at radius 2 is 1.79 bits per heavy atom. The second kappa shape index (κ2) is 12.5. The Labute approximate surface area is 163 Å². The third kappa shape index (κ3) is 8.81. The topological polar surface area (TPSA) is 78.6 Å². The summed E-state index contributed by atoms with van der Waals surface area (Å²) in [6.45, 7) is 13.4. The first kappa shape index (κ1) is 23.1. The number of aliphatic imine (C=N–C) groups is 1. The standard InChI is InChI=1S/C16H32N6O.HI/c1-12(2)22(13(3)4)11-10-19-16(17-6)18-9-7-8-15-20-14(5)21-23-15;/h12-13H,7-11H2,1-6H3,(H2,17,18,19);1H. The van der Waals surface area contributed by atoms with Crippen molar-refractivity contribution >= 4 is 29.9 Å². The number of nitrogens with one attached hydrogen (secondary N) is 2. The van der Waals surface area contributed by atoms with E-state index in [0.717, 1.165) is 38.4 Å². The van der Waals surface area contributed by atoms with Crippen molar-refractivity contribution in [1.29, 1.82) is 0 Å². The molecule has 1 rings (SSSR count). The molecule has 0 fully saturated rings. The third-order valence-corrected chi connectivity index (χ3v) is 3.64. The van der Waals surface area contributed by atoms with Gasteiger partial charge in [-0.15, -0.1) is 24.0 Å². The van der Waals surface area contributed by atoms with Gasteiger partial charge in [0.25, 0.3) is 0 Å². The normalized spacial score (nSPS) is 12.0. The van der Waals surface area contributed by atoms with E-state index < -0.39 is 0 Å². The molecule has 140 valence electrons. The highest BCUT2D eigenvalue weighted by Gasteiger charge is 2.12. The van der Waals surface area contributed by atoms with Crippen LogP contribution in [0, 0.1) is 6.92 Å². The van der Waals surface area contributed by atoms with Crippen molar-refractivity contribution in [2.75, 3.05) is 26.7 Å². The van der Waals surface area contributed by atoms with Gasteiger partial charge in [-0.25, -0.2) is 0 Å². The molecule has 0 saturated carbocycles. The molecule has 0 aliphatic carbocycles. The van der Waals surface area contributed by atoms with Crippen LogP contribution in [0.2, 0.25) is 0 Å². The van der Waals surface area contributed by atoms with Gasteiger partial charge in [0, 0.05) is 45.2 Å². The molecule has 0 spiro atoms. The summed E-state index contributed by atoms with van der Waals surface area (Å²) in [6.07, 6.45) is 1.70. The molecule has 1 heterocycles. The average molecular weight is 452 g/mol. The zero-order valence-corrected chi connectivity index (χ0v) is 18.1. The van der Waals surface area contributed by atoms with Gasteiger partial charge in [-0.1, -0.05) is 5.16 Å². The number of hydrogen-bond acceptors (Lipinski definition) is 5. The second-order valence-electron chi connectivity index (χ2n) is 6.19. The number of halogens is 1. The van der Waals surface area contributed by atoms with Crippen molar-refractivity contribution in [2.24, 2.45) is 4.99 Å². The number of nitrogens with zero attached hydrogens (tertiary/aromatic N) is 4. The number of aryl methyl sites for hydroxylation is 2. The minimum Gasteiger partial charge on any atom is -0.356 e. The molecule has 0 amide bonds. The summed E-state index contributed by atoms with van der Waals surface area (Å²) in [5.41, 5.74) is 0. The Kier molecular flexibility index (Phi) is 12.0. The molecule has 0 aliphatic heterocycles. The van der Waals surface area contributed by atoms with Gasteiger partial charge in [0.1, 0.15) is 0 Å². The van der Waals surface area contributed by atoms with Crippen molar-refractivity contribution < 1.29 is 4.52 Å².